The Labute approximate surface area is 187 Å². The molecule has 3 rings (SSSR count). The second kappa shape index (κ2) is 10.8. The number of primary amides is 1. The van der Waals surface area contributed by atoms with E-state index >= 15 is 0 Å². The summed E-state index contributed by atoms with van der Waals surface area (Å²) in [6, 6.07) is 8.09. The molecule has 1 aliphatic heterocycles. The molecule has 32 heavy (non-hydrogen) atoms. The zero-order valence-electron chi connectivity index (χ0n) is 17.9. The van der Waals surface area contributed by atoms with E-state index in [0.29, 0.717) is 31.9 Å². The Morgan fingerprint density at radius 3 is 2.59 bits per heavy atom. The van der Waals surface area contributed by atoms with E-state index in [1.54, 1.807) is 24.3 Å². The number of pyridine rings is 1. The molecule has 3 N–H and O–H groups in total. The van der Waals surface area contributed by atoms with Crippen LogP contribution in [-0.4, -0.2) is 80.5 Å². The van der Waals surface area contributed by atoms with Gasteiger partial charge in [-0.2, -0.15) is 5.06 Å². The molecule has 174 valence electrons. The fraction of sp³-hybridized carbons (Fsp3) is 0.429. The maximum absolute atomic E-state index is 13.2. The summed E-state index contributed by atoms with van der Waals surface area (Å²) < 4.78 is 36.7. The van der Waals surface area contributed by atoms with E-state index in [1.807, 2.05) is 0 Å². The molecule has 1 aliphatic rings. The zero-order valence-corrected chi connectivity index (χ0v) is 18.7. The van der Waals surface area contributed by atoms with E-state index < -0.39 is 21.8 Å². The third kappa shape index (κ3) is 5.81. The molecule has 1 fully saturated rings. The number of morpholine rings is 1. The fourth-order valence-electron chi connectivity index (χ4n) is 3.51. The first-order valence-electron chi connectivity index (χ1n) is 10.2. The summed E-state index contributed by atoms with van der Waals surface area (Å²) in [5, 5.41) is 11.2. The Hall–Kier alpha value is -2.57. The molecule has 0 saturated carbocycles. The SMILES string of the molecule is COc1ccc(S(=O)(=O)c2ncccc2CN(O)C(CCN2CCOCC2)C(N)=O)cc1. The van der Waals surface area contributed by atoms with Crippen molar-refractivity contribution >= 4 is 15.7 Å². The van der Waals surface area contributed by atoms with Gasteiger partial charge in [0.15, 0.2) is 5.03 Å². The number of hydroxylamine groups is 2. The van der Waals surface area contributed by atoms with Crippen LogP contribution in [0.2, 0.25) is 0 Å². The summed E-state index contributed by atoms with van der Waals surface area (Å²) in [7, 11) is -2.47. The minimum atomic E-state index is -3.96. The molecular formula is C21H28N4O6S. The molecule has 0 spiro atoms. The van der Waals surface area contributed by atoms with Gasteiger partial charge in [-0.25, -0.2) is 13.4 Å². The summed E-state index contributed by atoms with van der Waals surface area (Å²) in [6.07, 6.45) is 1.66. The van der Waals surface area contributed by atoms with Gasteiger partial charge in [0.25, 0.3) is 0 Å². The Morgan fingerprint density at radius 1 is 1.28 bits per heavy atom. The van der Waals surface area contributed by atoms with E-state index in [0.717, 1.165) is 18.2 Å². The Bertz CT molecular complexity index is 1010. The lowest BCUT2D eigenvalue weighted by molar-refractivity contribution is -0.158. The molecule has 0 radical (unpaired) electrons. The van der Waals surface area contributed by atoms with Crippen LogP contribution in [0.3, 0.4) is 0 Å². The summed E-state index contributed by atoms with van der Waals surface area (Å²) in [4.78, 5) is 18.2. The third-order valence-electron chi connectivity index (χ3n) is 5.32. The molecular weight excluding hydrogens is 436 g/mol. The Kier molecular flexibility index (Phi) is 8.15. The average molecular weight is 465 g/mol. The van der Waals surface area contributed by atoms with Crippen LogP contribution in [0.5, 0.6) is 5.75 Å². The normalized spacial score (nSPS) is 16.1. The molecule has 2 aromatic rings. The highest BCUT2D eigenvalue weighted by molar-refractivity contribution is 7.91. The van der Waals surface area contributed by atoms with Gasteiger partial charge in [0, 0.05) is 31.4 Å². The number of hydrogen-bond acceptors (Lipinski definition) is 9. The lowest BCUT2D eigenvalue weighted by atomic mass is 10.1. The number of nitrogens with two attached hydrogens (primary N) is 1. The highest BCUT2D eigenvalue weighted by Gasteiger charge is 2.28. The van der Waals surface area contributed by atoms with E-state index in [-0.39, 0.29) is 22.0 Å². The molecule has 10 nitrogen and oxygen atoms in total. The number of nitrogens with zero attached hydrogens (tertiary/aromatic N) is 3. The maximum Gasteiger partial charge on any atom is 0.237 e. The number of carbonyl (C=O) groups excluding carboxylic acids is 1. The van der Waals surface area contributed by atoms with E-state index in [2.05, 4.69) is 9.88 Å². The number of carbonyl (C=O) groups is 1. The molecule has 2 heterocycles. The van der Waals surface area contributed by atoms with Gasteiger partial charge >= 0.3 is 0 Å². The first-order chi connectivity index (χ1) is 15.3. The molecule has 1 unspecified atom stereocenters. The predicted octanol–water partition coefficient (Wildman–Crippen LogP) is 0.690. The Balaban J connectivity index is 1.78. The number of hydrogen-bond donors (Lipinski definition) is 2. The topological polar surface area (TPSA) is 135 Å². The number of rotatable bonds is 10. The number of methoxy groups -OCH3 is 1. The van der Waals surface area contributed by atoms with Crippen molar-refractivity contribution in [3.8, 4) is 5.75 Å². The van der Waals surface area contributed by atoms with Gasteiger partial charge in [-0.3, -0.25) is 9.69 Å². The molecule has 0 bridgehead atoms. The molecule has 1 saturated heterocycles. The van der Waals surface area contributed by atoms with Crippen LogP contribution in [0.15, 0.2) is 52.5 Å². The van der Waals surface area contributed by atoms with E-state index in [1.165, 1.54) is 25.4 Å². The van der Waals surface area contributed by atoms with E-state index in [9.17, 15) is 18.4 Å². The van der Waals surface area contributed by atoms with Gasteiger partial charge in [0.2, 0.25) is 15.7 Å². The number of amides is 1. The van der Waals surface area contributed by atoms with Crippen LogP contribution >= 0.6 is 0 Å². The Morgan fingerprint density at radius 2 is 1.97 bits per heavy atom. The van der Waals surface area contributed by atoms with Crippen molar-refractivity contribution in [3.63, 3.8) is 0 Å². The first kappa shape index (κ1) is 24.1. The first-order valence-corrected chi connectivity index (χ1v) is 11.7. The van der Waals surface area contributed by atoms with Crippen LogP contribution in [0.4, 0.5) is 0 Å². The van der Waals surface area contributed by atoms with Crippen molar-refractivity contribution in [2.45, 2.75) is 28.9 Å². The lowest BCUT2D eigenvalue weighted by Crippen LogP contribution is -2.46. The van der Waals surface area contributed by atoms with Gasteiger partial charge in [0.1, 0.15) is 11.8 Å². The van der Waals surface area contributed by atoms with Crippen molar-refractivity contribution < 1.29 is 27.9 Å². The highest BCUT2D eigenvalue weighted by atomic mass is 32.2. The monoisotopic (exact) mass is 464 g/mol. The smallest absolute Gasteiger partial charge is 0.237 e. The van der Waals surface area contributed by atoms with Crippen LogP contribution in [0.25, 0.3) is 0 Å². The van der Waals surface area contributed by atoms with Crippen LogP contribution < -0.4 is 10.5 Å². The minimum Gasteiger partial charge on any atom is -0.497 e. The maximum atomic E-state index is 13.2. The predicted molar refractivity (Wildman–Crippen MR) is 115 cm³/mol. The van der Waals surface area contributed by atoms with Crippen LogP contribution in [0, 0.1) is 0 Å². The largest absolute Gasteiger partial charge is 0.497 e. The number of sulfone groups is 1. The van der Waals surface area contributed by atoms with Gasteiger partial charge in [0.05, 0.1) is 31.8 Å². The fourth-order valence-corrected chi connectivity index (χ4v) is 4.90. The molecule has 1 aromatic carbocycles. The summed E-state index contributed by atoms with van der Waals surface area (Å²) in [5.41, 5.74) is 5.77. The van der Waals surface area contributed by atoms with Crippen molar-refractivity contribution in [2.24, 2.45) is 5.73 Å². The number of aromatic nitrogens is 1. The standard InChI is InChI=1S/C21H28N4O6S/c1-30-17-4-6-18(7-5-17)32(28,29)21-16(3-2-9-23-21)15-25(27)19(20(22)26)8-10-24-11-13-31-14-12-24/h2-7,9,19,27H,8,10-15H2,1H3,(H2,22,26). The molecule has 1 amide bonds. The third-order valence-corrected chi connectivity index (χ3v) is 7.09. The lowest BCUT2D eigenvalue weighted by Gasteiger charge is -2.30. The molecule has 1 aromatic heterocycles. The molecule has 1 atom stereocenters. The van der Waals surface area contributed by atoms with Crippen molar-refractivity contribution in [2.75, 3.05) is 40.0 Å². The second-order valence-electron chi connectivity index (χ2n) is 7.41. The zero-order chi connectivity index (χ0) is 23.1. The van der Waals surface area contributed by atoms with Gasteiger partial charge in [-0.1, -0.05) is 6.07 Å². The van der Waals surface area contributed by atoms with Crippen LogP contribution in [-0.2, 0) is 25.9 Å². The highest BCUT2D eigenvalue weighted by Crippen LogP contribution is 2.25. The van der Waals surface area contributed by atoms with Crippen molar-refractivity contribution in [1.29, 1.82) is 0 Å². The minimum absolute atomic E-state index is 0.0431. The quantitative estimate of drug-likeness (QED) is 0.487. The number of benzene rings is 1. The summed E-state index contributed by atoms with van der Waals surface area (Å²) >= 11 is 0. The van der Waals surface area contributed by atoms with Gasteiger partial charge in [-0.15, -0.1) is 0 Å². The van der Waals surface area contributed by atoms with Crippen molar-refractivity contribution in [3.05, 3.63) is 48.2 Å². The van der Waals surface area contributed by atoms with Crippen LogP contribution in [0.1, 0.15) is 12.0 Å². The number of ether oxygens (including phenoxy) is 2. The average Bonchev–Trinajstić information content (AvgIpc) is 2.80. The molecule has 0 aliphatic carbocycles. The van der Waals surface area contributed by atoms with Gasteiger partial charge in [-0.05, 0) is 36.8 Å². The van der Waals surface area contributed by atoms with Crippen molar-refractivity contribution in [1.82, 2.24) is 14.9 Å². The molecule has 11 heteroatoms. The van der Waals surface area contributed by atoms with Gasteiger partial charge < -0.3 is 20.4 Å². The second-order valence-corrected chi connectivity index (χ2v) is 9.27. The van der Waals surface area contributed by atoms with E-state index in [4.69, 9.17) is 15.2 Å². The summed E-state index contributed by atoms with van der Waals surface area (Å²) in [5.74, 6) is -0.166. The summed E-state index contributed by atoms with van der Waals surface area (Å²) in [6.45, 7) is 3.04.